The first-order valence-electron chi connectivity index (χ1n) is 9.72. The molecule has 2 N–H and O–H groups in total. The van der Waals surface area contributed by atoms with E-state index in [1.165, 1.54) is 24.4 Å². The predicted octanol–water partition coefficient (Wildman–Crippen LogP) is 3.69. The molecule has 2 aromatic heterocycles. The summed E-state index contributed by atoms with van der Waals surface area (Å²) in [7, 11) is 0. The van der Waals surface area contributed by atoms with Gasteiger partial charge in [0.1, 0.15) is 5.39 Å². The molecule has 7 nitrogen and oxygen atoms in total. The van der Waals surface area contributed by atoms with Crippen molar-refractivity contribution in [1.82, 2.24) is 25.1 Å². The first kappa shape index (κ1) is 20.0. The van der Waals surface area contributed by atoms with E-state index in [4.69, 9.17) is 11.6 Å². The minimum atomic E-state index is -0.375. The molecule has 0 bridgehead atoms. The summed E-state index contributed by atoms with van der Waals surface area (Å²) < 4.78 is 1.58. The van der Waals surface area contributed by atoms with Crippen LogP contribution in [0.25, 0.3) is 16.7 Å². The number of fused-ring (bicyclic) bond motifs is 1. The van der Waals surface area contributed by atoms with Crippen molar-refractivity contribution in [1.29, 1.82) is 0 Å². The highest BCUT2D eigenvalue weighted by atomic mass is 35.5. The van der Waals surface area contributed by atoms with Gasteiger partial charge in [-0.1, -0.05) is 48.7 Å². The van der Waals surface area contributed by atoms with Crippen LogP contribution in [0.15, 0.2) is 40.4 Å². The summed E-state index contributed by atoms with van der Waals surface area (Å²) in [6.45, 7) is 1.82. The van der Waals surface area contributed by atoms with Crippen molar-refractivity contribution in [3.63, 3.8) is 0 Å². The van der Waals surface area contributed by atoms with Gasteiger partial charge in [-0.25, -0.2) is 9.67 Å². The Morgan fingerprint density at radius 2 is 2.14 bits per heavy atom. The van der Waals surface area contributed by atoms with Crippen molar-refractivity contribution < 1.29 is 4.79 Å². The molecule has 0 aliphatic heterocycles. The van der Waals surface area contributed by atoms with Gasteiger partial charge in [-0.05, 0) is 38.0 Å². The van der Waals surface area contributed by atoms with E-state index >= 15 is 0 Å². The molecule has 1 aliphatic rings. The Kier molecular flexibility index (Phi) is 5.91. The quantitative estimate of drug-likeness (QED) is 0.474. The molecular formula is C20H22ClN5O2S. The summed E-state index contributed by atoms with van der Waals surface area (Å²) in [4.78, 5) is 32.4. The molecule has 2 heterocycles. The monoisotopic (exact) mass is 431 g/mol. The maximum Gasteiger partial charge on any atom is 0.262 e. The fourth-order valence-electron chi connectivity index (χ4n) is 3.54. The van der Waals surface area contributed by atoms with Crippen LogP contribution in [0.3, 0.4) is 0 Å². The topological polar surface area (TPSA) is 92.7 Å². The van der Waals surface area contributed by atoms with Gasteiger partial charge in [-0.2, -0.15) is 5.10 Å². The molecule has 152 valence electrons. The predicted molar refractivity (Wildman–Crippen MR) is 115 cm³/mol. The Hall–Kier alpha value is -2.32. The second-order valence-corrected chi connectivity index (χ2v) is 9.01. The van der Waals surface area contributed by atoms with E-state index in [2.05, 4.69) is 20.4 Å². The Bertz CT molecular complexity index is 1090. The Morgan fingerprint density at radius 3 is 2.90 bits per heavy atom. The zero-order valence-electron chi connectivity index (χ0n) is 16.0. The number of hydrogen-bond donors (Lipinski definition) is 2. The molecule has 0 spiro atoms. The number of aromatic amines is 1. The van der Waals surface area contributed by atoms with E-state index in [-0.39, 0.29) is 22.8 Å². The summed E-state index contributed by atoms with van der Waals surface area (Å²) in [6, 6.07) is 7.42. The van der Waals surface area contributed by atoms with Crippen LogP contribution in [0.4, 0.5) is 0 Å². The van der Waals surface area contributed by atoms with Gasteiger partial charge in [0.25, 0.3) is 5.56 Å². The second kappa shape index (κ2) is 8.59. The summed E-state index contributed by atoms with van der Waals surface area (Å²) in [5.74, 6) is -0.0343. The first-order chi connectivity index (χ1) is 14.0. The number of aromatic nitrogens is 4. The maximum atomic E-state index is 12.6. The van der Waals surface area contributed by atoms with E-state index in [9.17, 15) is 9.59 Å². The van der Waals surface area contributed by atoms with Gasteiger partial charge in [-0.15, -0.1) is 0 Å². The van der Waals surface area contributed by atoms with Crippen molar-refractivity contribution in [2.45, 2.75) is 55.5 Å². The second-order valence-electron chi connectivity index (χ2n) is 7.25. The van der Waals surface area contributed by atoms with E-state index in [0.717, 1.165) is 25.7 Å². The zero-order chi connectivity index (χ0) is 20.4. The maximum absolute atomic E-state index is 12.6. The lowest BCUT2D eigenvalue weighted by atomic mass is 9.95. The molecule has 1 amide bonds. The Labute approximate surface area is 177 Å². The van der Waals surface area contributed by atoms with Crippen LogP contribution in [-0.4, -0.2) is 36.9 Å². The van der Waals surface area contributed by atoms with Crippen molar-refractivity contribution in [3.05, 3.63) is 45.8 Å². The molecule has 1 aliphatic carbocycles. The Morgan fingerprint density at radius 1 is 1.34 bits per heavy atom. The summed E-state index contributed by atoms with van der Waals surface area (Å²) in [6.07, 6.45) is 7.10. The third-order valence-corrected chi connectivity index (χ3v) is 6.30. The third-order valence-electron chi connectivity index (χ3n) is 5.08. The fraction of sp³-hybridized carbons (Fsp3) is 0.400. The van der Waals surface area contributed by atoms with Crippen molar-refractivity contribution >= 4 is 40.3 Å². The molecule has 29 heavy (non-hydrogen) atoms. The van der Waals surface area contributed by atoms with Crippen LogP contribution in [-0.2, 0) is 4.79 Å². The van der Waals surface area contributed by atoms with E-state index in [0.29, 0.717) is 26.9 Å². The van der Waals surface area contributed by atoms with Gasteiger partial charge in [0, 0.05) is 11.1 Å². The number of carbonyl (C=O) groups is 1. The Balaban J connectivity index is 1.57. The number of nitrogens with zero attached hydrogens (tertiary/aromatic N) is 3. The molecule has 0 radical (unpaired) electrons. The van der Waals surface area contributed by atoms with Crippen LogP contribution < -0.4 is 10.9 Å². The smallest absolute Gasteiger partial charge is 0.262 e. The van der Waals surface area contributed by atoms with Gasteiger partial charge >= 0.3 is 0 Å². The van der Waals surface area contributed by atoms with Gasteiger partial charge in [0.15, 0.2) is 10.8 Å². The molecule has 1 fully saturated rings. The van der Waals surface area contributed by atoms with Crippen LogP contribution in [0, 0.1) is 0 Å². The number of hydrogen-bond acceptors (Lipinski definition) is 5. The van der Waals surface area contributed by atoms with Gasteiger partial charge in [0.2, 0.25) is 5.91 Å². The SMILES string of the molecule is CC(Sc1nc2c(cnn2-c2cccc(Cl)c2)c(=O)[nH]1)C(=O)NC1CCCCC1. The number of benzene rings is 1. The van der Waals surface area contributed by atoms with Gasteiger partial charge in [-0.3, -0.25) is 9.59 Å². The van der Waals surface area contributed by atoms with E-state index < -0.39 is 0 Å². The van der Waals surface area contributed by atoms with Crippen LogP contribution in [0.1, 0.15) is 39.0 Å². The lowest BCUT2D eigenvalue weighted by Gasteiger charge is -2.24. The highest BCUT2D eigenvalue weighted by Gasteiger charge is 2.22. The average Bonchev–Trinajstić information content (AvgIpc) is 3.13. The van der Waals surface area contributed by atoms with Crippen molar-refractivity contribution in [3.8, 4) is 5.69 Å². The normalized spacial score (nSPS) is 16.1. The number of amides is 1. The number of thioether (sulfide) groups is 1. The average molecular weight is 432 g/mol. The first-order valence-corrected chi connectivity index (χ1v) is 11.0. The van der Waals surface area contributed by atoms with Crippen LogP contribution >= 0.6 is 23.4 Å². The third kappa shape index (κ3) is 4.48. The summed E-state index contributed by atoms with van der Waals surface area (Å²) in [5.41, 5.74) is 0.855. The van der Waals surface area contributed by atoms with Crippen molar-refractivity contribution in [2.75, 3.05) is 0 Å². The largest absolute Gasteiger partial charge is 0.352 e. The summed E-state index contributed by atoms with van der Waals surface area (Å²) >= 11 is 7.31. The molecule has 4 rings (SSSR count). The molecule has 1 unspecified atom stereocenters. The minimum Gasteiger partial charge on any atom is -0.352 e. The minimum absolute atomic E-state index is 0.0343. The van der Waals surface area contributed by atoms with Gasteiger partial charge in [0.05, 0.1) is 17.1 Å². The number of nitrogens with one attached hydrogen (secondary N) is 2. The van der Waals surface area contributed by atoms with E-state index in [1.807, 2.05) is 19.1 Å². The molecule has 3 aromatic rings. The molecule has 0 saturated heterocycles. The standard InChI is InChI=1S/C20H22ClN5O2S/c1-12(18(27)23-14-7-3-2-4-8-14)29-20-24-17-16(19(28)25-20)11-22-26(17)15-9-5-6-13(21)10-15/h5-6,9-12,14H,2-4,7-8H2,1H3,(H,23,27)(H,24,25,28). The molecule has 9 heteroatoms. The summed E-state index contributed by atoms with van der Waals surface area (Å²) in [5, 5.41) is 8.37. The fourth-order valence-corrected chi connectivity index (χ4v) is 4.52. The van der Waals surface area contributed by atoms with Crippen LogP contribution in [0.5, 0.6) is 0 Å². The van der Waals surface area contributed by atoms with Crippen LogP contribution in [0.2, 0.25) is 5.02 Å². The lowest BCUT2D eigenvalue weighted by molar-refractivity contribution is -0.121. The van der Waals surface area contributed by atoms with E-state index in [1.54, 1.807) is 16.8 Å². The molecule has 1 saturated carbocycles. The number of rotatable bonds is 5. The highest BCUT2D eigenvalue weighted by Crippen LogP contribution is 2.23. The molecule has 1 aromatic carbocycles. The molecular weight excluding hydrogens is 410 g/mol. The lowest BCUT2D eigenvalue weighted by Crippen LogP contribution is -2.40. The number of carbonyl (C=O) groups excluding carboxylic acids is 1. The van der Waals surface area contributed by atoms with Crippen molar-refractivity contribution in [2.24, 2.45) is 0 Å². The number of halogens is 1. The highest BCUT2D eigenvalue weighted by molar-refractivity contribution is 8.00. The molecule has 1 atom stereocenters. The zero-order valence-corrected chi connectivity index (χ0v) is 17.6. The van der Waals surface area contributed by atoms with Gasteiger partial charge < -0.3 is 10.3 Å². The number of H-pyrrole nitrogens is 1.